The van der Waals surface area contributed by atoms with Gasteiger partial charge >= 0.3 is 12.0 Å². The van der Waals surface area contributed by atoms with Crippen LogP contribution >= 0.6 is 11.8 Å². The van der Waals surface area contributed by atoms with Crippen LogP contribution in [-0.4, -0.2) is 49.1 Å². The largest absolute Gasteiger partial charge is 0.467 e. The molecule has 1 rings (SSSR count). The number of sulfonamides is 1. The molecule has 96 valence electrons. The topological polar surface area (TPSA) is 117 Å². The van der Waals surface area contributed by atoms with Gasteiger partial charge in [0.1, 0.15) is 0 Å². The van der Waals surface area contributed by atoms with Crippen molar-refractivity contribution in [1.82, 2.24) is 15.0 Å². The number of hydrogen-bond acceptors (Lipinski definition) is 8. The lowest BCUT2D eigenvalue weighted by atomic mass is 10.9. The van der Waals surface area contributed by atoms with Crippen LogP contribution in [0.2, 0.25) is 0 Å². The standard InChI is InChI=1S/C7H12N4O4S2/c1-14-5-9-6(15-2)11-7(10-5)16-3-4-17(8,12)13/h3-4H2,1-2H3,(H2,8,12,13). The van der Waals surface area contributed by atoms with Crippen LogP contribution in [0.15, 0.2) is 5.16 Å². The summed E-state index contributed by atoms with van der Waals surface area (Å²) in [5.41, 5.74) is 0. The van der Waals surface area contributed by atoms with Gasteiger partial charge in [0.25, 0.3) is 0 Å². The average molecular weight is 280 g/mol. The van der Waals surface area contributed by atoms with Crippen molar-refractivity contribution in [3.8, 4) is 12.0 Å². The first-order valence-electron chi connectivity index (χ1n) is 4.42. The zero-order valence-electron chi connectivity index (χ0n) is 9.28. The predicted molar refractivity (Wildman–Crippen MR) is 61.6 cm³/mol. The number of methoxy groups -OCH3 is 2. The monoisotopic (exact) mass is 280 g/mol. The minimum atomic E-state index is -3.48. The lowest BCUT2D eigenvalue weighted by molar-refractivity contribution is 0.332. The summed E-state index contributed by atoms with van der Waals surface area (Å²) in [7, 11) is -0.660. The van der Waals surface area contributed by atoms with Gasteiger partial charge in [-0.2, -0.15) is 9.97 Å². The number of nitrogens with zero attached hydrogens (tertiary/aromatic N) is 3. The molecule has 0 radical (unpaired) electrons. The third kappa shape index (κ3) is 5.15. The summed E-state index contributed by atoms with van der Waals surface area (Å²) in [6, 6.07) is 0.213. The second-order valence-corrected chi connectivity index (χ2v) is 5.60. The second-order valence-electron chi connectivity index (χ2n) is 2.81. The zero-order valence-corrected chi connectivity index (χ0v) is 10.9. The Kier molecular flexibility index (Phi) is 4.90. The molecule has 0 aliphatic rings. The first kappa shape index (κ1) is 13.9. The van der Waals surface area contributed by atoms with E-state index in [2.05, 4.69) is 15.0 Å². The summed E-state index contributed by atoms with van der Waals surface area (Å²) in [4.78, 5) is 11.6. The summed E-state index contributed by atoms with van der Waals surface area (Å²) in [6.07, 6.45) is 0. The Bertz CT molecular complexity index is 457. The number of hydrogen-bond donors (Lipinski definition) is 1. The molecule has 8 nitrogen and oxygen atoms in total. The summed E-state index contributed by atoms with van der Waals surface area (Å²) in [5.74, 6) is 0.0864. The molecule has 0 bridgehead atoms. The Morgan fingerprint density at radius 2 is 1.71 bits per heavy atom. The van der Waals surface area contributed by atoms with Crippen LogP contribution in [0, 0.1) is 0 Å². The Balaban J connectivity index is 2.70. The molecule has 0 spiro atoms. The Morgan fingerprint density at radius 3 is 2.12 bits per heavy atom. The molecule has 0 unspecified atom stereocenters. The molecule has 0 saturated heterocycles. The van der Waals surface area contributed by atoms with Gasteiger partial charge in [0, 0.05) is 5.75 Å². The van der Waals surface area contributed by atoms with Gasteiger partial charge in [-0.15, -0.1) is 4.98 Å². The van der Waals surface area contributed by atoms with E-state index in [1.165, 1.54) is 14.2 Å². The molecular formula is C7H12N4O4S2. The first-order valence-corrected chi connectivity index (χ1v) is 7.12. The van der Waals surface area contributed by atoms with E-state index in [1.54, 1.807) is 0 Å². The summed E-state index contributed by atoms with van der Waals surface area (Å²) in [5, 5.41) is 5.19. The molecule has 0 fully saturated rings. The maximum absolute atomic E-state index is 10.7. The highest BCUT2D eigenvalue weighted by atomic mass is 32.2. The molecule has 1 aromatic heterocycles. The Hall–Kier alpha value is -1.13. The van der Waals surface area contributed by atoms with Crippen molar-refractivity contribution < 1.29 is 17.9 Å². The number of ether oxygens (including phenoxy) is 2. The van der Waals surface area contributed by atoms with Crippen molar-refractivity contribution in [1.29, 1.82) is 0 Å². The normalized spacial score (nSPS) is 11.2. The smallest absolute Gasteiger partial charge is 0.323 e. The van der Waals surface area contributed by atoms with Gasteiger partial charge in [-0.3, -0.25) is 0 Å². The van der Waals surface area contributed by atoms with Gasteiger partial charge in [-0.05, 0) is 0 Å². The molecule has 2 N–H and O–H groups in total. The minimum Gasteiger partial charge on any atom is -0.467 e. The van der Waals surface area contributed by atoms with Crippen LogP contribution in [0.4, 0.5) is 0 Å². The van der Waals surface area contributed by atoms with Gasteiger partial charge in [-0.25, -0.2) is 13.6 Å². The fourth-order valence-corrected chi connectivity index (χ4v) is 2.55. The van der Waals surface area contributed by atoms with E-state index in [9.17, 15) is 8.42 Å². The second kappa shape index (κ2) is 5.98. The van der Waals surface area contributed by atoms with Gasteiger partial charge < -0.3 is 9.47 Å². The van der Waals surface area contributed by atoms with E-state index in [4.69, 9.17) is 14.6 Å². The maximum Gasteiger partial charge on any atom is 0.323 e. The summed E-state index contributed by atoms with van der Waals surface area (Å²) in [6.45, 7) is 0. The van der Waals surface area contributed by atoms with Gasteiger partial charge in [0.15, 0.2) is 5.16 Å². The van der Waals surface area contributed by atoms with Crippen LogP contribution in [0.5, 0.6) is 12.0 Å². The van der Waals surface area contributed by atoms with Crippen LogP contribution in [-0.2, 0) is 10.0 Å². The number of thioether (sulfide) groups is 1. The molecule has 0 aliphatic carbocycles. The predicted octanol–water partition coefficient (Wildman–Crippen LogP) is -0.731. The van der Waals surface area contributed by atoms with Crippen LogP contribution in [0.3, 0.4) is 0 Å². The van der Waals surface area contributed by atoms with Crippen molar-refractivity contribution in [2.45, 2.75) is 5.16 Å². The molecule has 1 aromatic rings. The molecule has 1 heterocycles. The highest BCUT2D eigenvalue weighted by Crippen LogP contribution is 2.18. The third-order valence-electron chi connectivity index (χ3n) is 1.54. The van der Waals surface area contributed by atoms with E-state index < -0.39 is 10.0 Å². The number of rotatable bonds is 6. The molecule has 0 saturated carbocycles. The molecule has 0 atom stereocenters. The fraction of sp³-hybridized carbons (Fsp3) is 0.571. The average Bonchev–Trinajstić information content (AvgIpc) is 2.26. The molecule has 0 aromatic carbocycles. The van der Waals surface area contributed by atoms with Gasteiger partial charge in [0.2, 0.25) is 10.0 Å². The number of nitrogens with two attached hydrogens (primary N) is 1. The number of aromatic nitrogens is 3. The van der Waals surface area contributed by atoms with E-state index in [-0.39, 0.29) is 23.5 Å². The van der Waals surface area contributed by atoms with E-state index in [1.807, 2.05) is 0 Å². The minimum absolute atomic E-state index is 0.106. The van der Waals surface area contributed by atoms with Crippen molar-refractivity contribution in [3.63, 3.8) is 0 Å². The molecule has 10 heteroatoms. The lowest BCUT2D eigenvalue weighted by Gasteiger charge is -2.04. The quantitative estimate of drug-likeness (QED) is 0.678. The van der Waals surface area contributed by atoms with Crippen LogP contribution in [0.25, 0.3) is 0 Å². The van der Waals surface area contributed by atoms with Crippen molar-refractivity contribution in [3.05, 3.63) is 0 Å². The highest BCUT2D eigenvalue weighted by molar-refractivity contribution is 8.00. The molecule has 0 amide bonds. The highest BCUT2D eigenvalue weighted by Gasteiger charge is 2.09. The summed E-state index contributed by atoms with van der Waals surface area (Å²) < 4.78 is 31.2. The van der Waals surface area contributed by atoms with Crippen molar-refractivity contribution in [2.75, 3.05) is 25.7 Å². The van der Waals surface area contributed by atoms with E-state index in [0.29, 0.717) is 5.16 Å². The Labute approximate surface area is 103 Å². The zero-order chi connectivity index (χ0) is 12.9. The fourth-order valence-electron chi connectivity index (χ4n) is 0.817. The molecular weight excluding hydrogens is 268 g/mol. The van der Waals surface area contributed by atoms with Crippen molar-refractivity contribution >= 4 is 21.8 Å². The third-order valence-corrected chi connectivity index (χ3v) is 3.42. The van der Waals surface area contributed by atoms with Gasteiger partial charge in [0.05, 0.1) is 20.0 Å². The first-order chi connectivity index (χ1) is 7.94. The molecule has 0 aliphatic heterocycles. The van der Waals surface area contributed by atoms with Gasteiger partial charge in [-0.1, -0.05) is 11.8 Å². The van der Waals surface area contributed by atoms with E-state index >= 15 is 0 Å². The maximum atomic E-state index is 10.7. The van der Waals surface area contributed by atoms with Crippen LogP contribution in [0.1, 0.15) is 0 Å². The lowest BCUT2D eigenvalue weighted by Crippen LogP contribution is -2.18. The molecule has 17 heavy (non-hydrogen) atoms. The van der Waals surface area contributed by atoms with E-state index in [0.717, 1.165) is 11.8 Å². The number of primary sulfonamides is 1. The SMILES string of the molecule is COc1nc(OC)nc(SCCS(N)(=O)=O)n1. The van der Waals surface area contributed by atoms with Crippen molar-refractivity contribution in [2.24, 2.45) is 5.14 Å². The summed E-state index contributed by atoms with van der Waals surface area (Å²) >= 11 is 1.12. The Morgan fingerprint density at radius 1 is 1.18 bits per heavy atom. The van der Waals surface area contributed by atoms with Crippen LogP contribution < -0.4 is 14.6 Å².